The molecule has 2 nitrogen and oxygen atoms in total. The second-order valence-electron chi connectivity index (χ2n) is 7.77. The lowest BCUT2D eigenvalue weighted by Crippen LogP contribution is -2.10. The molecule has 0 bridgehead atoms. The number of aldehydes is 1. The maximum Gasteiger partial charge on any atom is 0.166 e. The van der Waals surface area contributed by atoms with Crippen molar-refractivity contribution in [2.75, 3.05) is 0 Å². The van der Waals surface area contributed by atoms with E-state index >= 15 is 0 Å². The number of carbonyl (C=O) groups is 1. The fourth-order valence-electron chi connectivity index (χ4n) is 3.21. The van der Waals surface area contributed by atoms with Crippen molar-refractivity contribution >= 4 is 6.29 Å². The minimum Gasteiger partial charge on any atom is -0.352 e. The lowest BCUT2D eigenvalue weighted by atomic mass is 9.86. The summed E-state index contributed by atoms with van der Waals surface area (Å²) in [5.41, 5.74) is 8.58. The highest BCUT2D eigenvalue weighted by Crippen LogP contribution is 2.32. The molecule has 0 amide bonds. The molecule has 0 aliphatic carbocycles. The first-order valence-corrected chi connectivity index (χ1v) is 8.66. The molecule has 128 valence electrons. The molecule has 0 aliphatic rings. The largest absolute Gasteiger partial charge is 0.352 e. The minimum atomic E-state index is 0.131. The van der Waals surface area contributed by atoms with Gasteiger partial charge in [0.1, 0.15) is 0 Å². The molecule has 1 aromatic heterocycles. The predicted octanol–water partition coefficient (Wildman–Crippen LogP) is 6.08. The Balaban J connectivity index is 2.05. The molecule has 0 atom stereocenters. The van der Waals surface area contributed by atoms with E-state index in [2.05, 4.69) is 88.1 Å². The summed E-state index contributed by atoms with van der Waals surface area (Å²) in [4.78, 5) is 14.9. The van der Waals surface area contributed by atoms with Gasteiger partial charge in [-0.25, -0.2) is 0 Å². The highest BCUT2D eigenvalue weighted by Gasteiger charge is 2.15. The van der Waals surface area contributed by atoms with Crippen molar-refractivity contribution in [1.82, 2.24) is 4.98 Å². The summed E-state index contributed by atoms with van der Waals surface area (Å²) in [6, 6.07) is 17.0. The number of carbonyl (C=O) groups excluding carboxylic acids is 1. The van der Waals surface area contributed by atoms with Gasteiger partial charge >= 0.3 is 0 Å². The molecule has 3 aromatic rings. The maximum absolute atomic E-state index is 11.6. The van der Waals surface area contributed by atoms with Crippen LogP contribution in [0, 0.1) is 13.8 Å². The molecule has 0 aliphatic heterocycles. The van der Waals surface area contributed by atoms with Crippen LogP contribution in [0.5, 0.6) is 0 Å². The molecule has 1 heterocycles. The van der Waals surface area contributed by atoms with Crippen LogP contribution in [-0.2, 0) is 5.41 Å². The standard InChI is InChI=1S/C23H25NO/c1-15-6-11-19(16(2)12-15)20-13-21(24-22(20)14-25)17-7-9-18(10-8-17)23(3,4)5/h6-14,24H,1-5H3. The lowest BCUT2D eigenvalue weighted by molar-refractivity contribution is 0.112. The molecule has 3 rings (SSSR count). The molecule has 0 saturated carbocycles. The van der Waals surface area contributed by atoms with Crippen LogP contribution in [0.1, 0.15) is 48.0 Å². The van der Waals surface area contributed by atoms with Crippen LogP contribution in [0.4, 0.5) is 0 Å². The van der Waals surface area contributed by atoms with E-state index in [1.165, 1.54) is 16.7 Å². The van der Waals surface area contributed by atoms with E-state index in [0.29, 0.717) is 5.69 Å². The van der Waals surface area contributed by atoms with Crippen LogP contribution in [0.25, 0.3) is 22.4 Å². The minimum absolute atomic E-state index is 0.131. The van der Waals surface area contributed by atoms with Crippen molar-refractivity contribution in [3.05, 3.63) is 70.9 Å². The quantitative estimate of drug-likeness (QED) is 0.580. The second-order valence-corrected chi connectivity index (χ2v) is 7.77. The average Bonchev–Trinajstić information content (AvgIpc) is 2.98. The zero-order valence-electron chi connectivity index (χ0n) is 15.6. The Hall–Kier alpha value is -2.61. The Labute approximate surface area is 149 Å². The number of aryl methyl sites for hydroxylation is 2. The Morgan fingerprint density at radius 2 is 1.56 bits per heavy atom. The third-order valence-corrected chi connectivity index (χ3v) is 4.70. The number of aromatic nitrogens is 1. The lowest BCUT2D eigenvalue weighted by Gasteiger charge is -2.19. The van der Waals surface area contributed by atoms with Crippen LogP contribution in [0.3, 0.4) is 0 Å². The predicted molar refractivity (Wildman–Crippen MR) is 105 cm³/mol. The van der Waals surface area contributed by atoms with Crippen molar-refractivity contribution in [3.63, 3.8) is 0 Å². The summed E-state index contributed by atoms with van der Waals surface area (Å²) < 4.78 is 0. The van der Waals surface area contributed by atoms with Gasteiger partial charge in [-0.3, -0.25) is 4.79 Å². The van der Waals surface area contributed by atoms with Crippen molar-refractivity contribution in [2.24, 2.45) is 0 Å². The van der Waals surface area contributed by atoms with Crippen molar-refractivity contribution < 1.29 is 4.79 Å². The number of aromatic amines is 1. The van der Waals surface area contributed by atoms with E-state index in [1.54, 1.807) is 0 Å². The summed E-state index contributed by atoms with van der Waals surface area (Å²) in [6.45, 7) is 10.8. The van der Waals surface area contributed by atoms with Gasteiger partial charge in [-0.05, 0) is 47.6 Å². The van der Waals surface area contributed by atoms with Crippen molar-refractivity contribution in [2.45, 2.75) is 40.0 Å². The third-order valence-electron chi connectivity index (χ3n) is 4.70. The van der Waals surface area contributed by atoms with E-state index in [9.17, 15) is 4.79 Å². The Morgan fingerprint density at radius 3 is 2.12 bits per heavy atom. The SMILES string of the molecule is Cc1ccc(-c2cc(-c3ccc(C(C)(C)C)cc3)[nH]c2C=O)c(C)c1. The highest BCUT2D eigenvalue weighted by atomic mass is 16.1. The first-order chi connectivity index (χ1) is 11.8. The van der Waals surface area contributed by atoms with Gasteiger partial charge in [0, 0.05) is 11.3 Å². The van der Waals surface area contributed by atoms with Gasteiger partial charge in [-0.2, -0.15) is 0 Å². The van der Waals surface area contributed by atoms with Gasteiger partial charge in [0.25, 0.3) is 0 Å². The average molecular weight is 331 g/mol. The number of rotatable bonds is 3. The summed E-state index contributed by atoms with van der Waals surface area (Å²) in [5.74, 6) is 0. The summed E-state index contributed by atoms with van der Waals surface area (Å²) in [5, 5.41) is 0. The van der Waals surface area contributed by atoms with Crippen LogP contribution < -0.4 is 0 Å². The number of H-pyrrole nitrogens is 1. The Bertz CT molecular complexity index is 908. The highest BCUT2D eigenvalue weighted by molar-refractivity contribution is 5.89. The zero-order valence-corrected chi connectivity index (χ0v) is 15.6. The Morgan fingerprint density at radius 1 is 0.880 bits per heavy atom. The second kappa shape index (κ2) is 6.36. The maximum atomic E-state index is 11.6. The monoisotopic (exact) mass is 331 g/mol. The summed E-state index contributed by atoms with van der Waals surface area (Å²) in [6.07, 6.45) is 0.904. The number of hydrogen-bond donors (Lipinski definition) is 1. The number of hydrogen-bond acceptors (Lipinski definition) is 1. The molecule has 0 saturated heterocycles. The molecule has 2 aromatic carbocycles. The van der Waals surface area contributed by atoms with E-state index in [1.807, 2.05) is 0 Å². The van der Waals surface area contributed by atoms with Gasteiger partial charge in [-0.15, -0.1) is 0 Å². The first-order valence-electron chi connectivity index (χ1n) is 8.66. The number of benzene rings is 2. The van der Waals surface area contributed by atoms with Gasteiger partial charge in [-0.1, -0.05) is 68.8 Å². The smallest absolute Gasteiger partial charge is 0.166 e. The van der Waals surface area contributed by atoms with Crippen LogP contribution >= 0.6 is 0 Å². The molecule has 0 unspecified atom stereocenters. The van der Waals surface area contributed by atoms with E-state index in [-0.39, 0.29) is 5.41 Å². The van der Waals surface area contributed by atoms with E-state index in [4.69, 9.17) is 0 Å². The van der Waals surface area contributed by atoms with Gasteiger partial charge in [0.15, 0.2) is 6.29 Å². The van der Waals surface area contributed by atoms with Crippen LogP contribution in [-0.4, -0.2) is 11.3 Å². The molecule has 0 fully saturated rings. The van der Waals surface area contributed by atoms with Crippen molar-refractivity contribution in [3.8, 4) is 22.4 Å². The molecular formula is C23H25NO. The van der Waals surface area contributed by atoms with Gasteiger partial charge in [0.05, 0.1) is 5.69 Å². The molecule has 2 heteroatoms. The van der Waals surface area contributed by atoms with Gasteiger partial charge < -0.3 is 4.98 Å². The normalized spacial score (nSPS) is 11.6. The topological polar surface area (TPSA) is 32.9 Å². The van der Waals surface area contributed by atoms with Gasteiger partial charge in [0.2, 0.25) is 0 Å². The van der Waals surface area contributed by atoms with Crippen molar-refractivity contribution in [1.29, 1.82) is 0 Å². The van der Waals surface area contributed by atoms with E-state index in [0.717, 1.165) is 28.7 Å². The first kappa shape index (κ1) is 17.2. The molecule has 0 spiro atoms. The molecule has 25 heavy (non-hydrogen) atoms. The van der Waals surface area contributed by atoms with E-state index < -0.39 is 0 Å². The fraction of sp³-hybridized carbons (Fsp3) is 0.261. The molecule has 1 N–H and O–H groups in total. The van der Waals surface area contributed by atoms with Crippen LogP contribution in [0.2, 0.25) is 0 Å². The molecule has 0 radical (unpaired) electrons. The van der Waals surface area contributed by atoms with Crippen LogP contribution in [0.15, 0.2) is 48.5 Å². The molecular weight excluding hydrogens is 306 g/mol. The zero-order chi connectivity index (χ0) is 18.2. The Kier molecular flexibility index (Phi) is 4.38. The fourth-order valence-corrected chi connectivity index (χ4v) is 3.21. The summed E-state index contributed by atoms with van der Waals surface area (Å²) >= 11 is 0. The third kappa shape index (κ3) is 3.43. The summed E-state index contributed by atoms with van der Waals surface area (Å²) in [7, 11) is 0. The number of nitrogens with one attached hydrogen (secondary N) is 1.